The largest absolute Gasteiger partial charge is 0.351 e. The normalized spacial score (nSPS) is 21.0. The minimum Gasteiger partial charge on any atom is -0.351 e. The fraction of sp³-hybridized carbons (Fsp3) is 0.400. The van der Waals surface area contributed by atoms with Gasteiger partial charge < -0.3 is 9.80 Å². The Kier molecular flexibility index (Phi) is 4.28. The number of fused-ring (bicyclic) bond motifs is 3. The Balaban J connectivity index is 1.26. The van der Waals surface area contributed by atoms with E-state index in [9.17, 15) is 13.2 Å². The minimum atomic E-state index is -3.23. The molecule has 6 rings (SSSR count). The zero-order chi connectivity index (χ0) is 21.0. The third kappa shape index (κ3) is 3.20. The van der Waals surface area contributed by atoms with Crippen LogP contribution in [0.4, 0.5) is 5.82 Å². The summed E-state index contributed by atoms with van der Waals surface area (Å²) in [6.45, 7) is 3.36. The Morgan fingerprint density at radius 3 is 2.43 bits per heavy atom. The van der Waals surface area contributed by atoms with Crippen LogP contribution < -0.4 is 4.90 Å². The fourth-order valence-corrected chi connectivity index (χ4v) is 5.01. The first-order valence-corrected chi connectivity index (χ1v) is 11.7. The number of benzene rings is 1. The van der Waals surface area contributed by atoms with Crippen LogP contribution in [0.25, 0.3) is 5.65 Å². The van der Waals surface area contributed by atoms with Gasteiger partial charge in [0.1, 0.15) is 5.82 Å². The molecule has 3 saturated heterocycles. The number of aryl methyl sites for hydroxylation is 1. The molecule has 0 spiro atoms. The molecule has 30 heavy (non-hydrogen) atoms. The van der Waals surface area contributed by atoms with E-state index in [-0.39, 0.29) is 29.3 Å². The number of piperazine rings is 1. The molecule has 2 unspecified atom stereocenters. The Morgan fingerprint density at radius 1 is 1.07 bits per heavy atom. The maximum atomic E-state index is 12.9. The number of carbonyl (C=O) groups excluding carboxylic acids is 1. The van der Waals surface area contributed by atoms with Crippen molar-refractivity contribution in [3.63, 3.8) is 0 Å². The summed E-state index contributed by atoms with van der Waals surface area (Å²) in [5.74, 6) is 1.69. The van der Waals surface area contributed by atoms with Crippen LogP contribution in [-0.2, 0) is 21.1 Å². The second-order valence-electron chi connectivity index (χ2n) is 8.05. The molecule has 0 saturated carbocycles. The van der Waals surface area contributed by atoms with Crippen LogP contribution in [0.15, 0.2) is 41.3 Å². The van der Waals surface area contributed by atoms with Gasteiger partial charge in [-0.15, -0.1) is 15.3 Å². The van der Waals surface area contributed by atoms with Gasteiger partial charge in [0.05, 0.1) is 23.4 Å². The van der Waals surface area contributed by atoms with Crippen molar-refractivity contribution in [3.8, 4) is 0 Å². The van der Waals surface area contributed by atoms with E-state index in [0.29, 0.717) is 0 Å². The van der Waals surface area contributed by atoms with Crippen LogP contribution in [0.2, 0.25) is 0 Å². The average Bonchev–Trinajstić information content (AvgIpc) is 3.08. The Labute approximate surface area is 174 Å². The zero-order valence-electron chi connectivity index (χ0n) is 16.8. The van der Waals surface area contributed by atoms with Crippen molar-refractivity contribution < 1.29 is 13.2 Å². The highest BCUT2D eigenvalue weighted by Gasteiger charge is 2.47. The number of rotatable bonds is 4. The van der Waals surface area contributed by atoms with Gasteiger partial charge in [0.2, 0.25) is 5.91 Å². The molecule has 2 aromatic heterocycles. The van der Waals surface area contributed by atoms with E-state index in [1.165, 1.54) is 6.26 Å². The number of hydrogen-bond donors (Lipinski definition) is 0. The molecule has 9 nitrogen and oxygen atoms in total. The standard InChI is InChI=1S/C20H22N6O3S/c1-13-21-22-18-7-8-19(23-26(13)18)24-11-15-10-16(12-24)25(15)20(27)9-14-3-5-17(6-4-14)30(2,28)29/h3-8,15-16H,9-12H2,1-2H3. The number of piperidine rings is 1. The lowest BCUT2D eigenvalue weighted by Crippen LogP contribution is -2.70. The van der Waals surface area contributed by atoms with Gasteiger partial charge in [-0.3, -0.25) is 4.79 Å². The Hall–Kier alpha value is -3.01. The number of amides is 1. The first kappa shape index (κ1) is 19.0. The molecular weight excluding hydrogens is 404 g/mol. The summed E-state index contributed by atoms with van der Waals surface area (Å²) in [6.07, 6.45) is 2.46. The third-order valence-corrected chi connectivity index (χ3v) is 7.05. The topological polar surface area (TPSA) is 101 Å². The monoisotopic (exact) mass is 426 g/mol. The summed E-state index contributed by atoms with van der Waals surface area (Å²) < 4.78 is 24.9. The average molecular weight is 427 g/mol. The molecule has 3 aliphatic rings. The second-order valence-corrected chi connectivity index (χ2v) is 10.1. The maximum Gasteiger partial charge on any atom is 0.227 e. The predicted molar refractivity (Wildman–Crippen MR) is 110 cm³/mol. The van der Waals surface area contributed by atoms with Crippen LogP contribution in [0.1, 0.15) is 17.8 Å². The van der Waals surface area contributed by atoms with E-state index in [1.807, 2.05) is 24.0 Å². The number of hydrogen-bond acceptors (Lipinski definition) is 7. The molecule has 1 aromatic carbocycles. The highest BCUT2D eigenvalue weighted by atomic mass is 32.2. The molecule has 2 atom stereocenters. The lowest BCUT2D eigenvalue weighted by molar-refractivity contribution is -0.145. The molecule has 10 heteroatoms. The molecular formula is C20H22N6O3S. The van der Waals surface area contributed by atoms with Crippen LogP contribution in [0, 0.1) is 6.92 Å². The summed E-state index contributed by atoms with van der Waals surface area (Å²) in [4.78, 5) is 17.3. The van der Waals surface area contributed by atoms with Gasteiger partial charge in [0, 0.05) is 19.3 Å². The first-order valence-electron chi connectivity index (χ1n) is 9.84. The van der Waals surface area contributed by atoms with Crippen LogP contribution in [-0.4, -0.2) is 70.5 Å². The summed E-state index contributed by atoms with van der Waals surface area (Å²) in [5, 5.41) is 12.8. The molecule has 1 amide bonds. The molecule has 3 fully saturated rings. The van der Waals surface area contributed by atoms with Crippen molar-refractivity contribution in [1.29, 1.82) is 0 Å². The predicted octanol–water partition coefficient (Wildman–Crippen LogP) is 0.868. The van der Waals surface area contributed by atoms with Gasteiger partial charge in [-0.2, -0.15) is 4.52 Å². The first-order chi connectivity index (χ1) is 14.3. The van der Waals surface area contributed by atoms with E-state index in [2.05, 4.69) is 20.2 Å². The number of aromatic nitrogens is 4. The lowest BCUT2D eigenvalue weighted by atomic mass is 9.86. The summed E-state index contributed by atoms with van der Waals surface area (Å²) in [6, 6.07) is 10.8. The van der Waals surface area contributed by atoms with Crippen molar-refractivity contribution in [1.82, 2.24) is 24.7 Å². The molecule has 156 valence electrons. The van der Waals surface area contributed by atoms with E-state index >= 15 is 0 Å². The van der Waals surface area contributed by atoms with Gasteiger partial charge in [-0.05, 0) is 43.2 Å². The molecule has 3 aliphatic heterocycles. The smallest absolute Gasteiger partial charge is 0.227 e. The lowest BCUT2D eigenvalue weighted by Gasteiger charge is -2.56. The second kappa shape index (κ2) is 6.76. The molecule has 3 aromatic rings. The molecule has 0 N–H and O–H groups in total. The Bertz CT molecular complexity index is 1230. The van der Waals surface area contributed by atoms with Crippen molar-refractivity contribution in [3.05, 3.63) is 47.8 Å². The number of nitrogens with zero attached hydrogens (tertiary/aromatic N) is 6. The Morgan fingerprint density at radius 2 is 1.77 bits per heavy atom. The van der Waals surface area contributed by atoms with Gasteiger partial charge in [0.25, 0.3) is 0 Å². The van der Waals surface area contributed by atoms with Gasteiger partial charge >= 0.3 is 0 Å². The fourth-order valence-electron chi connectivity index (χ4n) is 4.38. The van der Waals surface area contributed by atoms with E-state index in [4.69, 9.17) is 0 Å². The quantitative estimate of drug-likeness (QED) is 0.610. The zero-order valence-corrected chi connectivity index (χ0v) is 17.6. The van der Waals surface area contributed by atoms with Crippen LogP contribution in [0.3, 0.4) is 0 Å². The minimum absolute atomic E-state index is 0.0843. The maximum absolute atomic E-state index is 12.9. The SMILES string of the molecule is Cc1nnc2ccc(N3CC4CC(C3)N4C(=O)Cc3ccc(S(C)(=O)=O)cc3)nn12. The summed E-state index contributed by atoms with van der Waals surface area (Å²) in [7, 11) is -3.23. The van der Waals surface area contributed by atoms with Crippen molar-refractivity contribution in [2.24, 2.45) is 0 Å². The number of anilines is 1. The highest BCUT2D eigenvalue weighted by Crippen LogP contribution is 2.34. The molecule has 0 aliphatic carbocycles. The number of carbonyl (C=O) groups is 1. The van der Waals surface area contributed by atoms with Crippen molar-refractivity contribution in [2.75, 3.05) is 24.2 Å². The molecule has 0 radical (unpaired) electrons. The molecule has 5 heterocycles. The highest BCUT2D eigenvalue weighted by molar-refractivity contribution is 7.90. The van der Waals surface area contributed by atoms with Crippen molar-refractivity contribution in [2.45, 2.75) is 36.7 Å². The molecule has 2 bridgehead atoms. The van der Waals surface area contributed by atoms with E-state index in [0.717, 1.165) is 42.4 Å². The van der Waals surface area contributed by atoms with Crippen LogP contribution in [0.5, 0.6) is 0 Å². The number of sulfone groups is 1. The van der Waals surface area contributed by atoms with E-state index < -0.39 is 9.84 Å². The van der Waals surface area contributed by atoms with Crippen LogP contribution >= 0.6 is 0 Å². The summed E-state index contributed by atoms with van der Waals surface area (Å²) in [5.41, 5.74) is 1.54. The van der Waals surface area contributed by atoms with Gasteiger partial charge in [0.15, 0.2) is 21.3 Å². The van der Waals surface area contributed by atoms with E-state index in [1.54, 1.807) is 28.8 Å². The van der Waals surface area contributed by atoms with Gasteiger partial charge in [-0.25, -0.2) is 8.42 Å². The third-order valence-electron chi connectivity index (χ3n) is 5.92. The summed E-state index contributed by atoms with van der Waals surface area (Å²) >= 11 is 0. The van der Waals surface area contributed by atoms with Gasteiger partial charge in [-0.1, -0.05) is 12.1 Å². The van der Waals surface area contributed by atoms with Crippen molar-refractivity contribution >= 4 is 27.2 Å².